The third-order valence-corrected chi connectivity index (χ3v) is 4.14. The molecule has 0 aromatic rings. The van der Waals surface area contributed by atoms with Crippen molar-refractivity contribution in [2.24, 2.45) is 11.3 Å². The summed E-state index contributed by atoms with van der Waals surface area (Å²) in [6.45, 7) is 12.9. The van der Waals surface area contributed by atoms with Crippen LogP contribution in [0.25, 0.3) is 0 Å². The SMILES string of the molecule is CC.CCC1(CN2CCC(C)CC2)CC1. The van der Waals surface area contributed by atoms with E-state index in [1.807, 2.05) is 13.8 Å². The predicted octanol–water partition coefficient (Wildman–Crippen LogP) is 3.93. The first-order chi connectivity index (χ1) is 7.24. The predicted molar refractivity (Wildman–Crippen MR) is 68.1 cm³/mol. The van der Waals surface area contributed by atoms with Gasteiger partial charge in [-0.15, -0.1) is 0 Å². The Morgan fingerprint density at radius 2 is 1.67 bits per heavy atom. The highest BCUT2D eigenvalue weighted by Crippen LogP contribution is 2.49. The van der Waals surface area contributed by atoms with E-state index in [9.17, 15) is 0 Å². The van der Waals surface area contributed by atoms with E-state index in [4.69, 9.17) is 0 Å². The van der Waals surface area contributed by atoms with Crippen molar-refractivity contribution >= 4 is 0 Å². The summed E-state index contributed by atoms with van der Waals surface area (Å²) in [5, 5.41) is 0. The molecule has 1 nitrogen and oxygen atoms in total. The zero-order valence-electron chi connectivity index (χ0n) is 11.2. The van der Waals surface area contributed by atoms with Crippen molar-refractivity contribution in [3.8, 4) is 0 Å². The van der Waals surface area contributed by atoms with Crippen molar-refractivity contribution in [3.63, 3.8) is 0 Å². The Kier molecular flexibility index (Phi) is 5.11. The quantitative estimate of drug-likeness (QED) is 0.683. The van der Waals surface area contributed by atoms with Gasteiger partial charge in [0, 0.05) is 6.54 Å². The average Bonchev–Trinajstić information content (AvgIpc) is 3.05. The van der Waals surface area contributed by atoms with Crippen LogP contribution in [0, 0.1) is 11.3 Å². The lowest BCUT2D eigenvalue weighted by atomic mass is 9.96. The van der Waals surface area contributed by atoms with E-state index < -0.39 is 0 Å². The number of hydrogen-bond donors (Lipinski definition) is 0. The molecule has 1 aliphatic heterocycles. The molecular weight excluding hydrogens is 182 g/mol. The molecule has 0 radical (unpaired) electrons. The van der Waals surface area contributed by atoms with Crippen LogP contribution in [0.1, 0.15) is 59.8 Å². The molecule has 1 saturated heterocycles. The molecule has 0 N–H and O–H groups in total. The van der Waals surface area contributed by atoms with Crippen LogP contribution in [-0.4, -0.2) is 24.5 Å². The van der Waals surface area contributed by atoms with Crippen molar-refractivity contribution in [1.82, 2.24) is 4.90 Å². The van der Waals surface area contributed by atoms with E-state index in [1.54, 1.807) is 0 Å². The highest BCUT2D eigenvalue weighted by atomic mass is 15.1. The van der Waals surface area contributed by atoms with Crippen LogP contribution in [0.2, 0.25) is 0 Å². The first kappa shape index (κ1) is 13.0. The fourth-order valence-corrected chi connectivity index (χ4v) is 2.49. The first-order valence-corrected chi connectivity index (χ1v) is 6.96. The fourth-order valence-electron chi connectivity index (χ4n) is 2.49. The fraction of sp³-hybridized carbons (Fsp3) is 1.00. The molecule has 1 aliphatic carbocycles. The number of likely N-dealkylation sites (tertiary alicyclic amines) is 1. The molecule has 0 atom stereocenters. The summed E-state index contributed by atoms with van der Waals surface area (Å²) in [4.78, 5) is 2.70. The standard InChI is InChI=1S/C12H23N.C2H6/c1-3-12(6-7-12)10-13-8-4-11(2)5-9-13;1-2/h11H,3-10H2,1-2H3;1-2H3. The summed E-state index contributed by atoms with van der Waals surface area (Å²) in [7, 11) is 0. The van der Waals surface area contributed by atoms with E-state index in [2.05, 4.69) is 18.7 Å². The summed E-state index contributed by atoms with van der Waals surface area (Å²) >= 11 is 0. The van der Waals surface area contributed by atoms with Crippen molar-refractivity contribution < 1.29 is 0 Å². The minimum Gasteiger partial charge on any atom is -0.303 e. The van der Waals surface area contributed by atoms with Gasteiger partial charge in [0.2, 0.25) is 0 Å². The second-order valence-electron chi connectivity index (χ2n) is 5.31. The van der Waals surface area contributed by atoms with Crippen molar-refractivity contribution in [2.45, 2.75) is 59.8 Å². The lowest BCUT2D eigenvalue weighted by molar-refractivity contribution is 0.157. The van der Waals surface area contributed by atoms with Gasteiger partial charge in [-0.25, -0.2) is 0 Å². The van der Waals surface area contributed by atoms with Gasteiger partial charge in [0.15, 0.2) is 0 Å². The zero-order chi connectivity index (χ0) is 11.3. The number of nitrogens with zero attached hydrogens (tertiary/aromatic N) is 1. The van der Waals surface area contributed by atoms with Gasteiger partial charge < -0.3 is 4.90 Å². The molecular formula is C14H29N. The molecule has 0 aromatic carbocycles. The Bertz CT molecular complexity index is 164. The van der Waals surface area contributed by atoms with Gasteiger partial charge in [-0.3, -0.25) is 0 Å². The molecule has 15 heavy (non-hydrogen) atoms. The van der Waals surface area contributed by atoms with Crippen molar-refractivity contribution in [1.29, 1.82) is 0 Å². The normalized spacial score (nSPS) is 25.6. The van der Waals surface area contributed by atoms with Crippen molar-refractivity contribution in [2.75, 3.05) is 19.6 Å². The monoisotopic (exact) mass is 211 g/mol. The molecule has 0 amide bonds. The topological polar surface area (TPSA) is 3.24 Å². The van der Waals surface area contributed by atoms with E-state index >= 15 is 0 Å². The van der Waals surface area contributed by atoms with Gasteiger partial charge in [0.05, 0.1) is 0 Å². The molecule has 90 valence electrons. The maximum atomic E-state index is 2.70. The van der Waals surface area contributed by atoms with Crippen LogP contribution in [0.15, 0.2) is 0 Å². The van der Waals surface area contributed by atoms with E-state index in [1.165, 1.54) is 51.7 Å². The summed E-state index contributed by atoms with van der Waals surface area (Å²) in [6, 6.07) is 0. The zero-order valence-corrected chi connectivity index (χ0v) is 11.2. The van der Waals surface area contributed by atoms with Crippen LogP contribution in [0.5, 0.6) is 0 Å². The molecule has 1 heterocycles. The molecule has 0 aromatic heterocycles. The van der Waals surface area contributed by atoms with Crippen LogP contribution in [0.4, 0.5) is 0 Å². The maximum absolute atomic E-state index is 2.70. The van der Waals surface area contributed by atoms with E-state index in [0.717, 1.165) is 11.3 Å². The lowest BCUT2D eigenvalue weighted by Gasteiger charge is -2.32. The Morgan fingerprint density at radius 1 is 1.13 bits per heavy atom. The Morgan fingerprint density at radius 3 is 2.07 bits per heavy atom. The molecule has 0 unspecified atom stereocenters. The highest BCUT2D eigenvalue weighted by Gasteiger charge is 2.42. The van der Waals surface area contributed by atoms with E-state index in [0.29, 0.717) is 0 Å². The molecule has 2 aliphatic rings. The summed E-state index contributed by atoms with van der Waals surface area (Å²) in [5.74, 6) is 0.980. The minimum absolute atomic E-state index is 0.764. The number of hydrogen-bond acceptors (Lipinski definition) is 1. The number of piperidine rings is 1. The van der Waals surface area contributed by atoms with Crippen LogP contribution in [0.3, 0.4) is 0 Å². The summed E-state index contributed by atoms with van der Waals surface area (Å²) in [5.41, 5.74) is 0.764. The molecule has 1 heteroatoms. The molecule has 1 saturated carbocycles. The van der Waals surface area contributed by atoms with Gasteiger partial charge in [-0.1, -0.05) is 27.7 Å². The Balaban J connectivity index is 0.000000531. The Hall–Kier alpha value is -0.0400. The molecule has 0 bridgehead atoms. The molecule has 2 fully saturated rings. The van der Waals surface area contributed by atoms with Crippen LogP contribution >= 0.6 is 0 Å². The largest absolute Gasteiger partial charge is 0.303 e. The van der Waals surface area contributed by atoms with Gasteiger partial charge in [-0.05, 0) is 56.5 Å². The number of rotatable bonds is 3. The third kappa shape index (κ3) is 3.79. The highest BCUT2D eigenvalue weighted by molar-refractivity contribution is 4.94. The second kappa shape index (κ2) is 5.89. The second-order valence-corrected chi connectivity index (χ2v) is 5.31. The van der Waals surface area contributed by atoms with Gasteiger partial charge in [0.1, 0.15) is 0 Å². The molecule has 2 rings (SSSR count). The van der Waals surface area contributed by atoms with Gasteiger partial charge in [-0.2, -0.15) is 0 Å². The average molecular weight is 211 g/mol. The third-order valence-electron chi connectivity index (χ3n) is 4.14. The van der Waals surface area contributed by atoms with Crippen molar-refractivity contribution in [3.05, 3.63) is 0 Å². The molecule has 0 spiro atoms. The minimum atomic E-state index is 0.764. The van der Waals surface area contributed by atoms with E-state index in [-0.39, 0.29) is 0 Å². The first-order valence-electron chi connectivity index (χ1n) is 6.96. The lowest BCUT2D eigenvalue weighted by Crippen LogP contribution is -2.37. The Labute approximate surface area is 96.2 Å². The summed E-state index contributed by atoms with van der Waals surface area (Å²) < 4.78 is 0. The maximum Gasteiger partial charge on any atom is 0.00379 e. The smallest absolute Gasteiger partial charge is 0.00379 e. The summed E-state index contributed by atoms with van der Waals surface area (Å²) in [6.07, 6.45) is 7.25. The van der Waals surface area contributed by atoms with Crippen LogP contribution in [-0.2, 0) is 0 Å². The van der Waals surface area contributed by atoms with Crippen LogP contribution < -0.4 is 0 Å². The van der Waals surface area contributed by atoms with Gasteiger partial charge in [0.25, 0.3) is 0 Å². The van der Waals surface area contributed by atoms with Gasteiger partial charge >= 0.3 is 0 Å².